The monoisotopic (exact) mass is 449 g/mol. The van der Waals surface area contributed by atoms with Crippen LogP contribution >= 0.6 is 24.0 Å². The van der Waals surface area contributed by atoms with Crippen molar-refractivity contribution in [3.63, 3.8) is 0 Å². The highest BCUT2D eigenvalue weighted by Gasteiger charge is 2.15. The highest BCUT2D eigenvalue weighted by Crippen LogP contribution is 2.05. The van der Waals surface area contributed by atoms with Gasteiger partial charge in [0.05, 0.1) is 19.8 Å². The van der Waals surface area contributed by atoms with E-state index in [9.17, 15) is 0 Å². The molecule has 1 aromatic heterocycles. The SMILES string of the molecule is CN=C(NCC(C)CN1CCOCC1)N(C)Cc1cccn1C.I. The van der Waals surface area contributed by atoms with E-state index in [0.29, 0.717) is 5.92 Å². The molecule has 0 aromatic carbocycles. The van der Waals surface area contributed by atoms with Crippen molar-refractivity contribution in [2.75, 3.05) is 53.5 Å². The van der Waals surface area contributed by atoms with Crippen LogP contribution in [0.3, 0.4) is 0 Å². The van der Waals surface area contributed by atoms with Crippen LogP contribution in [-0.4, -0.2) is 73.8 Å². The summed E-state index contributed by atoms with van der Waals surface area (Å²) in [5.74, 6) is 1.52. The van der Waals surface area contributed by atoms with Crippen LogP contribution < -0.4 is 5.32 Å². The Morgan fingerprint density at radius 1 is 1.42 bits per heavy atom. The van der Waals surface area contributed by atoms with Crippen LogP contribution in [0.2, 0.25) is 0 Å². The summed E-state index contributed by atoms with van der Waals surface area (Å²) >= 11 is 0. The molecule has 138 valence electrons. The molecule has 7 heteroatoms. The van der Waals surface area contributed by atoms with Gasteiger partial charge in [-0.25, -0.2) is 0 Å². The Hall–Kier alpha value is -0.800. The number of rotatable bonds is 6. The summed E-state index contributed by atoms with van der Waals surface area (Å²) in [6.45, 7) is 8.99. The minimum Gasteiger partial charge on any atom is -0.379 e. The van der Waals surface area contributed by atoms with Gasteiger partial charge in [-0.1, -0.05) is 6.92 Å². The molecule has 24 heavy (non-hydrogen) atoms. The molecule has 2 rings (SSSR count). The van der Waals surface area contributed by atoms with Gasteiger partial charge in [0.1, 0.15) is 0 Å². The summed E-state index contributed by atoms with van der Waals surface area (Å²) in [6, 6.07) is 4.22. The van der Waals surface area contributed by atoms with E-state index in [2.05, 4.69) is 64.0 Å². The maximum Gasteiger partial charge on any atom is 0.193 e. The average Bonchev–Trinajstić information content (AvgIpc) is 2.94. The maximum absolute atomic E-state index is 5.40. The average molecular weight is 449 g/mol. The number of halogens is 1. The molecule has 2 heterocycles. The van der Waals surface area contributed by atoms with Crippen LogP contribution in [0.1, 0.15) is 12.6 Å². The maximum atomic E-state index is 5.40. The van der Waals surface area contributed by atoms with Crippen molar-refractivity contribution in [2.45, 2.75) is 13.5 Å². The molecule has 1 N–H and O–H groups in total. The molecule has 0 saturated carbocycles. The first-order valence-electron chi connectivity index (χ1n) is 8.42. The van der Waals surface area contributed by atoms with Crippen LogP contribution in [-0.2, 0) is 18.3 Å². The van der Waals surface area contributed by atoms with Crippen molar-refractivity contribution in [1.82, 2.24) is 19.7 Å². The minimum absolute atomic E-state index is 0. The van der Waals surface area contributed by atoms with Gasteiger partial charge in [0.2, 0.25) is 0 Å². The molecule has 1 aliphatic rings. The standard InChI is InChI=1S/C17H31N5O.HI/c1-15(13-22-8-10-23-11-9-22)12-19-17(18-2)21(4)14-16-6-5-7-20(16)3;/h5-7,15H,8-14H2,1-4H3,(H,18,19);1H. The number of morpholine rings is 1. The number of hydrogen-bond donors (Lipinski definition) is 1. The van der Waals surface area contributed by atoms with Crippen molar-refractivity contribution in [3.8, 4) is 0 Å². The van der Waals surface area contributed by atoms with Gasteiger partial charge in [0, 0.05) is 59.2 Å². The summed E-state index contributed by atoms with van der Waals surface area (Å²) < 4.78 is 7.55. The highest BCUT2D eigenvalue weighted by atomic mass is 127. The third-order valence-electron chi connectivity index (χ3n) is 4.31. The van der Waals surface area contributed by atoms with E-state index >= 15 is 0 Å². The Balaban J connectivity index is 0.00000288. The van der Waals surface area contributed by atoms with Gasteiger partial charge in [0.15, 0.2) is 5.96 Å². The molecule has 1 fully saturated rings. The molecule has 1 saturated heterocycles. The first kappa shape index (κ1) is 21.2. The topological polar surface area (TPSA) is 45.0 Å². The zero-order chi connectivity index (χ0) is 16.7. The lowest BCUT2D eigenvalue weighted by atomic mass is 10.1. The molecule has 6 nitrogen and oxygen atoms in total. The number of guanidine groups is 1. The number of aryl methyl sites for hydroxylation is 1. The normalized spacial score (nSPS) is 17.2. The fourth-order valence-corrected chi connectivity index (χ4v) is 2.92. The lowest BCUT2D eigenvalue weighted by Crippen LogP contribution is -2.44. The van der Waals surface area contributed by atoms with E-state index in [1.165, 1.54) is 5.69 Å². The Morgan fingerprint density at radius 3 is 2.71 bits per heavy atom. The van der Waals surface area contributed by atoms with E-state index in [4.69, 9.17) is 4.74 Å². The number of aromatic nitrogens is 1. The number of hydrogen-bond acceptors (Lipinski definition) is 3. The lowest BCUT2D eigenvalue weighted by Gasteiger charge is -2.30. The lowest BCUT2D eigenvalue weighted by molar-refractivity contribution is 0.0320. The van der Waals surface area contributed by atoms with E-state index in [1.807, 2.05) is 7.05 Å². The molecule has 0 bridgehead atoms. The van der Waals surface area contributed by atoms with E-state index < -0.39 is 0 Å². The van der Waals surface area contributed by atoms with Crippen molar-refractivity contribution >= 4 is 29.9 Å². The van der Waals surface area contributed by atoms with Gasteiger partial charge in [-0.3, -0.25) is 9.89 Å². The Morgan fingerprint density at radius 2 is 2.12 bits per heavy atom. The molecule has 0 amide bonds. The molecule has 1 unspecified atom stereocenters. The highest BCUT2D eigenvalue weighted by molar-refractivity contribution is 14.0. The predicted octanol–water partition coefficient (Wildman–Crippen LogP) is 1.62. The van der Waals surface area contributed by atoms with Crippen LogP contribution in [0.15, 0.2) is 23.3 Å². The molecule has 1 aliphatic heterocycles. The van der Waals surface area contributed by atoms with Crippen molar-refractivity contribution in [1.29, 1.82) is 0 Å². The predicted molar refractivity (Wildman–Crippen MR) is 110 cm³/mol. The van der Waals surface area contributed by atoms with E-state index in [0.717, 1.165) is 51.9 Å². The van der Waals surface area contributed by atoms with Crippen LogP contribution in [0.4, 0.5) is 0 Å². The third kappa shape index (κ3) is 6.60. The summed E-state index contributed by atoms with van der Waals surface area (Å²) in [7, 11) is 6.00. The zero-order valence-corrected chi connectivity index (χ0v) is 17.7. The van der Waals surface area contributed by atoms with Gasteiger partial charge in [-0.15, -0.1) is 24.0 Å². The van der Waals surface area contributed by atoms with Gasteiger partial charge in [-0.05, 0) is 18.1 Å². The Labute approximate surface area is 163 Å². The fourth-order valence-electron chi connectivity index (χ4n) is 2.92. The Kier molecular flexibility index (Phi) is 9.68. The summed E-state index contributed by atoms with van der Waals surface area (Å²) in [4.78, 5) is 9.05. The second kappa shape index (κ2) is 10.9. The number of aliphatic imine (C=N–C) groups is 1. The van der Waals surface area contributed by atoms with Crippen molar-refractivity contribution in [2.24, 2.45) is 18.0 Å². The second-order valence-corrected chi connectivity index (χ2v) is 6.41. The van der Waals surface area contributed by atoms with Gasteiger partial charge >= 0.3 is 0 Å². The molecule has 1 aromatic rings. The number of ether oxygens (including phenoxy) is 1. The second-order valence-electron chi connectivity index (χ2n) is 6.41. The van der Waals surface area contributed by atoms with Crippen LogP contribution in [0, 0.1) is 5.92 Å². The van der Waals surface area contributed by atoms with E-state index in [1.54, 1.807) is 0 Å². The quantitative estimate of drug-likeness (QED) is 0.408. The first-order chi connectivity index (χ1) is 11.1. The third-order valence-corrected chi connectivity index (χ3v) is 4.31. The largest absolute Gasteiger partial charge is 0.379 e. The van der Waals surface area contributed by atoms with Crippen molar-refractivity contribution < 1.29 is 4.74 Å². The number of nitrogens with zero attached hydrogens (tertiary/aromatic N) is 4. The minimum atomic E-state index is 0. The van der Waals surface area contributed by atoms with Crippen LogP contribution in [0.5, 0.6) is 0 Å². The van der Waals surface area contributed by atoms with Gasteiger partial charge in [0.25, 0.3) is 0 Å². The molecule has 0 aliphatic carbocycles. The molecular formula is C17H32IN5O. The Bertz CT molecular complexity index is 499. The van der Waals surface area contributed by atoms with Crippen molar-refractivity contribution in [3.05, 3.63) is 24.0 Å². The smallest absolute Gasteiger partial charge is 0.193 e. The fraction of sp³-hybridized carbons (Fsp3) is 0.706. The molecular weight excluding hydrogens is 417 g/mol. The summed E-state index contributed by atoms with van der Waals surface area (Å²) in [5.41, 5.74) is 1.27. The van der Waals surface area contributed by atoms with Gasteiger partial charge < -0.3 is 19.5 Å². The zero-order valence-electron chi connectivity index (χ0n) is 15.4. The number of nitrogens with one attached hydrogen (secondary N) is 1. The molecule has 0 radical (unpaired) electrons. The van der Waals surface area contributed by atoms with E-state index in [-0.39, 0.29) is 24.0 Å². The van der Waals surface area contributed by atoms with Gasteiger partial charge in [-0.2, -0.15) is 0 Å². The van der Waals surface area contributed by atoms with Crippen LogP contribution in [0.25, 0.3) is 0 Å². The molecule has 0 spiro atoms. The summed E-state index contributed by atoms with van der Waals surface area (Å²) in [6.07, 6.45) is 2.07. The first-order valence-corrected chi connectivity index (χ1v) is 8.42. The molecule has 1 atom stereocenters. The summed E-state index contributed by atoms with van der Waals surface area (Å²) in [5, 5.41) is 3.50.